The minimum atomic E-state index is -0.814. The molecular formula is C6H18O3Si2. The fourth-order valence-electron chi connectivity index (χ4n) is 0.757. The Bertz CT molecular complexity index is 82.2. The first-order valence-corrected chi connectivity index (χ1v) is 7.28. The second kappa shape index (κ2) is 8.41. The summed E-state index contributed by atoms with van der Waals surface area (Å²) >= 11 is 0. The molecule has 68 valence electrons. The Morgan fingerprint density at radius 2 is 2.18 bits per heavy atom. The predicted molar refractivity (Wildman–Crippen MR) is 51.4 cm³/mol. The number of rotatable bonds is 7. The van der Waals surface area contributed by atoms with Crippen LogP contribution >= 0.6 is 0 Å². The lowest BCUT2D eigenvalue weighted by atomic mass is 10.5. The van der Waals surface area contributed by atoms with E-state index in [1.165, 1.54) is 6.04 Å². The van der Waals surface area contributed by atoms with Crippen molar-refractivity contribution in [1.29, 1.82) is 0 Å². The molecule has 0 rings (SSSR count). The average Bonchev–Trinajstić information content (AvgIpc) is 2.04. The SMILES string of the molecule is C[SiH](CCCOCCO)O[SiH3]. The van der Waals surface area contributed by atoms with Gasteiger partial charge in [-0.1, -0.05) is 0 Å². The maximum Gasteiger partial charge on any atom is 0.159 e. The van der Waals surface area contributed by atoms with E-state index in [9.17, 15) is 0 Å². The van der Waals surface area contributed by atoms with E-state index >= 15 is 0 Å². The summed E-state index contributed by atoms with van der Waals surface area (Å²) in [7, 11) is 0.0600. The zero-order valence-corrected chi connectivity index (χ0v) is 10.5. The number of hydrogen-bond acceptors (Lipinski definition) is 3. The van der Waals surface area contributed by atoms with Gasteiger partial charge in [-0.3, -0.25) is 0 Å². The Morgan fingerprint density at radius 1 is 1.45 bits per heavy atom. The molecule has 0 aromatic carbocycles. The maximum absolute atomic E-state index is 8.39. The minimum Gasteiger partial charge on any atom is -0.466 e. The number of aliphatic hydroxyl groups is 1. The Kier molecular flexibility index (Phi) is 8.65. The second-order valence-corrected chi connectivity index (χ2v) is 6.61. The molecule has 1 N–H and O–H groups in total. The highest BCUT2D eigenvalue weighted by atomic mass is 28.3. The molecule has 1 atom stereocenters. The van der Waals surface area contributed by atoms with Crippen LogP contribution in [0, 0.1) is 0 Å². The number of hydrogen-bond donors (Lipinski definition) is 1. The van der Waals surface area contributed by atoms with E-state index in [1.807, 2.05) is 0 Å². The van der Waals surface area contributed by atoms with Gasteiger partial charge in [0.05, 0.1) is 13.2 Å². The lowest BCUT2D eigenvalue weighted by molar-refractivity contribution is 0.0925. The van der Waals surface area contributed by atoms with Crippen molar-refractivity contribution < 1.29 is 14.0 Å². The van der Waals surface area contributed by atoms with Crippen molar-refractivity contribution >= 4 is 19.5 Å². The summed E-state index contributed by atoms with van der Waals surface area (Å²) in [6.45, 7) is 3.57. The smallest absolute Gasteiger partial charge is 0.159 e. The topological polar surface area (TPSA) is 38.7 Å². The Labute approximate surface area is 73.0 Å². The summed E-state index contributed by atoms with van der Waals surface area (Å²) in [5.74, 6) is 0. The molecule has 0 saturated carbocycles. The molecule has 0 amide bonds. The van der Waals surface area contributed by atoms with Gasteiger partial charge in [0.2, 0.25) is 0 Å². The third-order valence-electron chi connectivity index (χ3n) is 1.54. The molecule has 0 saturated heterocycles. The lowest BCUT2D eigenvalue weighted by Crippen LogP contribution is -2.12. The van der Waals surface area contributed by atoms with Gasteiger partial charge < -0.3 is 14.0 Å². The van der Waals surface area contributed by atoms with Gasteiger partial charge in [0.15, 0.2) is 9.04 Å². The Morgan fingerprint density at radius 3 is 2.73 bits per heavy atom. The Hall–Kier alpha value is 0.314. The summed E-state index contributed by atoms with van der Waals surface area (Å²) in [5, 5.41) is 8.39. The number of ether oxygens (including phenoxy) is 1. The van der Waals surface area contributed by atoms with Crippen LogP contribution in [-0.2, 0) is 8.85 Å². The molecule has 0 fully saturated rings. The lowest BCUT2D eigenvalue weighted by Gasteiger charge is -2.07. The molecule has 5 heteroatoms. The van der Waals surface area contributed by atoms with Crippen LogP contribution in [0.2, 0.25) is 12.6 Å². The first kappa shape index (κ1) is 11.3. The third-order valence-corrected chi connectivity index (χ3v) is 5.98. The van der Waals surface area contributed by atoms with Crippen LogP contribution in [0.25, 0.3) is 0 Å². The van der Waals surface area contributed by atoms with Gasteiger partial charge in [0.1, 0.15) is 10.5 Å². The van der Waals surface area contributed by atoms with Gasteiger partial charge >= 0.3 is 0 Å². The summed E-state index contributed by atoms with van der Waals surface area (Å²) in [6.07, 6.45) is 1.08. The molecule has 1 unspecified atom stereocenters. The van der Waals surface area contributed by atoms with Gasteiger partial charge in [-0.15, -0.1) is 0 Å². The molecule has 0 aliphatic carbocycles. The van der Waals surface area contributed by atoms with Crippen molar-refractivity contribution in [2.45, 2.75) is 19.0 Å². The zero-order valence-electron chi connectivity index (χ0n) is 7.38. The molecular weight excluding hydrogens is 176 g/mol. The molecule has 0 aromatic heterocycles. The van der Waals surface area contributed by atoms with Crippen LogP contribution in [-0.4, -0.2) is 44.5 Å². The molecule has 3 nitrogen and oxygen atoms in total. The largest absolute Gasteiger partial charge is 0.466 e. The first-order chi connectivity index (χ1) is 5.31. The average molecular weight is 194 g/mol. The van der Waals surface area contributed by atoms with Crippen molar-refractivity contribution in [3.05, 3.63) is 0 Å². The molecule has 0 spiro atoms. The van der Waals surface area contributed by atoms with Crippen molar-refractivity contribution in [1.82, 2.24) is 0 Å². The van der Waals surface area contributed by atoms with Crippen molar-refractivity contribution in [2.24, 2.45) is 0 Å². The standard InChI is InChI=1S/C6H18O3Si2/c1-11(9-10)6-2-4-8-5-3-7/h7,11H,2-6H2,1,10H3. The van der Waals surface area contributed by atoms with E-state index in [0.717, 1.165) is 23.5 Å². The van der Waals surface area contributed by atoms with Crippen LogP contribution in [0.5, 0.6) is 0 Å². The highest BCUT2D eigenvalue weighted by Crippen LogP contribution is 1.97. The highest BCUT2D eigenvalue weighted by molar-refractivity contribution is 6.54. The molecule has 0 aromatic rings. The molecule has 0 heterocycles. The third kappa shape index (κ3) is 8.22. The van der Waals surface area contributed by atoms with E-state index in [-0.39, 0.29) is 6.61 Å². The molecule has 11 heavy (non-hydrogen) atoms. The van der Waals surface area contributed by atoms with Crippen LogP contribution in [0.3, 0.4) is 0 Å². The fraction of sp³-hybridized carbons (Fsp3) is 1.00. The predicted octanol–water partition coefficient (Wildman–Crippen LogP) is -0.964. The van der Waals surface area contributed by atoms with Gasteiger partial charge in [0, 0.05) is 6.61 Å². The normalized spacial score (nSPS) is 13.6. The molecule has 0 bridgehead atoms. The summed E-state index contributed by atoms with van der Waals surface area (Å²) in [5.41, 5.74) is 0. The van der Waals surface area contributed by atoms with Crippen LogP contribution in [0.4, 0.5) is 0 Å². The number of aliphatic hydroxyl groups excluding tert-OH is 1. The van der Waals surface area contributed by atoms with Crippen LogP contribution in [0.1, 0.15) is 6.42 Å². The van der Waals surface area contributed by atoms with E-state index in [4.69, 9.17) is 14.0 Å². The van der Waals surface area contributed by atoms with Crippen molar-refractivity contribution in [2.75, 3.05) is 19.8 Å². The van der Waals surface area contributed by atoms with E-state index in [1.54, 1.807) is 0 Å². The first-order valence-electron chi connectivity index (χ1n) is 4.02. The van der Waals surface area contributed by atoms with Crippen LogP contribution < -0.4 is 0 Å². The van der Waals surface area contributed by atoms with Crippen LogP contribution in [0.15, 0.2) is 0 Å². The van der Waals surface area contributed by atoms with E-state index in [0.29, 0.717) is 6.61 Å². The minimum absolute atomic E-state index is 0.129. The van der Waals surface area contributed by atoms with Gasteiger partial charge in [-0.05, 0) is 19.0 Å². The molecule has 0 aliphatic rings. The van der Waals surface area contributed by atoms with Gasteiger partial charge in [0.25, 0.3) is 0 Å². The zero-order chi connectivity index (χ0) is 8.53. The summed E-state index contributed by atoms with van der Waals surface area (Å²) in [6, 6.07) is 1.19. The highest BCUT2D eigenvalue weighted by Gasteiger charge is 1.99. The summed E-state index contributed by atoms with van der Waals surface area (Å²) < 4.78 is 10.4. The van der Waals surface area contributed by atoms with Crippen molar-refractivity contribution in [3.8, 4) is 0 Å². The Balaban J connectivity index is 2.89. The van der Waals surface area contributed by atoms with E-state index in [2.05, 4.69) is 6.55 Å². The summed E-state index contributed by atoms with van der Waals surface area (Å²) in [4.78, 5) is 0. The van der Waals surface area contributed by atoms with Crippen molar-refractivity contribution in [3.63, 3.8) is 0 Å². The van der Waals surface area contributed by atoms with Gasteiger partial charge in [-0.25, -0.2) is 0 Å². The van der Waals surface area contributed by atoms with Gasteiger partial charge in [-0.2, -0.15) is 0 Å². The fourth-order valence-corrected chi connectivity index (χ4v) is 2.44. The second-order valence-electron chi connectivity index (χ2n) is 2.52. The monoisotopic (exact) mass is 194 g/mol. The molecule has 0 radical (unpaired) electrons. The quantitative estimate of drug-likeness (QED) is 0.419. The molecule has 0 aliphatic heterocycles. The van der Waals surface area contributed by atoms with E-state index < -0.39 is 9.04 Å². The maximum atomic E-state index is 8.39.